The topological polar surface area (TPSA) is 76.4 Å². The summed E-state index contributed by atoms with van der Waals surface area (Å²) in [5.74, 6) is -1.00. The molecule has 0 amide bonds. The third-order valence-electron chi connectivity index (χ3n) is 3.61. The molecule has 23 heavy (non-hydrogen) atoms. The second kappa shape index (κ2) is 8.33. The first-order valence-corrected chi connectivity index (χ1v) is 7.68. The van der Waals surface area contributed by atoms with E-state index < -0.39 is 17.4 Å². The minimum absolute atomic E-state index is 0.181. The van der Waals surface area contributed by atoms with Crippen LogP contribution in [0.5, 0.6) is 0 Å². The molecular formula is C18H23NO4. The van der Waals surface area contributed by atoms with E-state index in [-0.39, 0.29) is 26.1 Å². The summed E-state index contributed by atoms with van der Waals surface area (Å²) in [6.45, 7) is 7.67. The summed E-state index contributed by atoms with van der Waals surface area (Å²) in [5, 5.41) is 9.79. The van der Waals surface area contributed by atoms with Crippen molar-refractivity contribution in [3.8, 4) is 6.07 Å². The molecule has 0 bridgehead atoms. The van der Waals surface area contributed by atoms with Crippen LogP contribution in [-0.4, -0.2) is 25.2 Å². The third-order valence-corrected chi connectivity index (χ3v) is 3.61. The first-order valence-electron chi connectivity index (χ1n) is 7.68. The molecule has 1 aromatic carbocycles. The summed E-state index contributed by atoms with van der Waals surface area (Å²) < 4.78 is 9.97. The van der Waals surface area contributed by atoms with E-state index >= 15 is 0 Å². The van der Waals surface area contributed by atoms with Crippen molar-refractivity contribution in [2.45, 2.75) is 46.0 Å². The molecule has 5 heteroatoms. The number of rotatable bonds is 7. The van der Waals surface area contributed by atoms with Crippen LogP contribution in [0.25, 0.3) is 0 Å². The van der Waals surface area contributed by atoms with Crippen molar-refractivity contribution >= 4 is 11.9 Å². The predicted molar refractivity (Wildman–Crippen MR) is 85.7 cm³/mol. The molecule has 124 valence electrons. The zero-order valence-corrected chi connectivity index (χ0v) is 14.1. The maximum absolute atomic E-state index is 12.0. The van der Waals surface area contributed by atoms with E-state index in [2.05, 4.69) is 6.07 Å². The van der Waals surface area contributed by atoms with Gasteiger partial charge < -0.3 is 9.47 Å². The molecule has 0 atom stereocenters. The Hall–Kier alpha value is -2.35. The van der Waals surface area contributed by atoms with Gasteiger partial charge in [-0.1, -0.05) is 23.8 Å². The van der Waals surface area contributed by atoms with E-state index in [0.29, 0.717) is 5.56 Å². The summed E-state index contributed by atoms with van der Waals surface area (Å²) >= 11 is 0. The summed E-state index contributed by atoms with van der Waals surface area (Å²) in [7, 11) is 0. The van der Waals surface area contributed by atoms with E-state index in [4.69, 9.17) is 9.47 Å². The first kappa shape index (κ1) is 18.7. The van der Waals surface area contributed by atoms with Crippen LogP contribution >= 0.6 is 0 Å². The minimum Gasteiger partial charge on any atom is -0.466 e. The normalized spacial score (nSPS) is 10.7. The monoisotopic (exact) mass is 317 g/mol. The van der Waals surface area contributed by atoms with Crippen molar-refractivity contribution in [2.24, 2.45) is 0 Å². The summed E-state index contributed by atoms with van der Waals surface area (Å²) in [4.78, 5) is 24.0. The molecule has 1 rings (SSSR count). The van der Waals surface area contributed by atoms with E-state index in [9.17, 15) is 14.9 Å². The lowest BCUT2D eigenvalue weighted by atomic mass is 9.74. The number of hydrogen-bond acceptors (Lipinski definition) is 5. The lowest BCUT2D eigenvalue weighted by Gasteiger charge is -2.27. The van der Waals surface area contributed by atoms with Crippen LogP contribution in [0.4, 0.5) is 0 Å². The number of hydrogen-bond donors (Lipinski definition) is 0. The van der Waals surface area contributed by atoms with Gasteiger partial charge in [0.25, 0.3) is 0 Å². The molecule has 0 radical (unpaired) electrons. The van der Waals surface area contributed by atoms with Gasteiger partial charge in [-0.2, -0.15) is 5.26 Å². The Morgan fingerprint density at radius 1 is 1.09 bits per heavy atom. The van der Waals surface area contributed by atoms with Gasteiger partial charge in [-0.3, -0.25) is 9.59 Å². The van der Waals surface area contributed by atoms with Crippen LogP contribution in [0.15, 0.2) is 18.2 Å². The highest BCUT2D eigenvalue weighted by Gasteiger charge is 2.39. The lowest BCUT2D eigenvalue weighted by molar-refractivity contribution is -0.146. The Labute approximate surface area is 137 Å². The molecule has 0 spiro atoms. The highest BCUT2D eigenvalue weighted by molar-refractivity contribution is 5.78. The standard InChI is InChI=1S/C18H23NO4/c1-5-22-16(20)10-18(12-19,11-17(21)23-6-2)15-8-7-13(3)9-14(15)4/h7-9H,5-6,10-11H2,1-4H3. The fourth-order valence-electron chi connectivity index (χ4n) is 2.66. The summed E-state index contributed by atoms with van der Waals surface area (Å²) in [6.07, 6.45) is -0.361. The second-order valence-electron chi connectivity index (χ2n) is 5.48. The van der Waals surface area contributed by atoms with Crippen molar-refractivity contribution in [1.29, 1.82) is 5.26 Å². The van der Waals surface area contributed by atoms with Gasteiger partial charge in [0.05, 0.1) is 32.1 Å². The molecule has 0 aliphatic heterocycles. The van der Waals surface area contributed by atoms with E-state index in [1.807, 2.05) is 26.0 Å². The highest BCUT2D eigenvalue weighted by Crippen LogP contribution is 2.35. The van der Waals surface area contributed by atoms with Crippen LogP contribution in [0.2, 0.25) is 0 Å². The molecule has 0 fully saturated rings. The average molecular weight is 317 g/mol. The van der Waals surface area contributed by atoms with Gasteiger partial charge in [-0.05, 0) is 38.8 Å². The third kappa shape index (κ3) is 4.82. The maximum Gasteiger partial charge on any atom is 0.307 e. The van der Waals surface area contributed by atoms with Crippen LogP contribution in [0.1, 0.15) is 43.4 Å². The van der Waals surface area contributed by atoms with Gasteiger partial charge in [0.1, 0.15) is 5.41 Å². The first-order chi connectivity index (χ1) is 10.9. The zero-order chi connectivity index (χ0) is 17.5. The van der Waals surface area contributed by atoms with Crippen LogP contribution < -0.4 is 0 Å². The zero-order valence-electron chi connectivity index (χ0n) is 14.1. The van der Waals surface area contributed by atoms with Gasteiger partial charge >= 0.3 is 11.9 Å². The number of aryl methyl sites for hydroxylation is 2. The van der Waals surface area contributed by atoms with Crippen LogP contribution in [0.3, 0.4) is 0 Å². The SMILES string of the molecule is CCOC(=O)CC(C#N)(CC(=O)OCC)c1ccc(C)cc1C. The summed E-state index contributed by atoms with van der Waals surface area (Å²) in [5.41, 5.74) is 1.29. The number of benzene rings is 1. The highest BCUT2D eigenvalue weighted by atomic mass is 16.5. The Morgan fingerprint density at radius 2 is 1.61 bits per heavy atom. The van der Waals surface area contributed by atoms with E-state index in [1.54, 1.807) is 19.9 Å². The predicted octanol–water partition coefficient (Wildman–Crippen LogP) is 2.97. The molecule has 1 aromatic rings. The van der Waals surface area contributed by atoms with Crippen molar-refractivity contribution in [3.63, 3.8) is 0 Å². The molecule has 0 saturated heterocycles. The Kier molecular flexibility index (Phi) is 6.77. The van der Waals surface area contributed by atoms with E-state index in [0.717, 1.165) is 11.1 Å². The van der Waals surface area contributed by atoms with Crippen molar-refractivity contribution in [1.82, 2.24) is 0 Å². The Balaban J connectivity index is 3.30. The number of ether oxygens (including phenoxy) is 2. The van der Waals surface area contributed by atoms with Crippen molar-refractivity contribution in [2.75, 3.05) is 13.2 Å². The quantitative estimate of drug-likeness (QED) is 0.723. The van der Waals surface area contributed by atoms with Gasteiger partial charge in [0.15, 0.2) is 0 Å². The number of nitrogens with zero attached hydrogens (tertiary/aromatic N) is 1. The van der Waals surface area contributed by atoms with Crippen LogP contribution in [0, 0.1) is 25.2 Å². The average Bonchev–Trinajstić information content (AvgIpc) is 2.46. The number of carbonyl (C=O) groups excluding carboxylic acids is 2. The smallest absolute Gasteiger partial charge is 0.307 e. The maximum atomic E-state index is 12.0. The second-order valence-corrected chi connectivity index (χ2v) is 5.48. The van der Waals surface area contributed by atoms with Crippen LogP contribution in [-0.2, 0) is 24.5 Å². The number of esters is 2. The fourth-order valence-corrected chi connectivity index (χ4v) is 2.66. The fraction of sp³-hybridized carbons (Fsp3) is 0.500. The largest absolute Gasteiger partial charge is 0.466 e. The minimum atomic E-state index is -1.28. The molecule has 0 saturated carbocycles. The molecular weight excluding hydrogens is 294 g/mol. The molecule has 0 N–H and O–H groups in total. The van der Waals surface area contributed by atoms with Gasteiger partial charge in [0, 0.05) is 0 Å². The lowest BCUT2D eigenvalue weighted by Crippen LogP contribution is -2.33. The summed E-state index contributed by atoms with van der Waals surface area (Å²) in [6, 6.07) is 7.76. The van der Waals surface area contributed by atoms with E-state index in [1.165, 1.54) is 0 Å². The van der Waals surface area contributed by atoms with Gasteiger partial charge in [-0.25, -0.2) is 0 Å². The van der Waals surface area contributed by atoms with Gasteiger partial charge in [0.2, 0.25) is 0 Å². The molecule has 5 nitrogen and oxygen atoms in total. The molecule has 0 aromatic heterocycles. The molecule has 0 heterocycles. The Morgan fingerprint density at radius 3 is 2.00 bits per heavy atom. The van der Waals surface area contributed by atoms with Crippen molar-refractivity contribution in [3.05, 3.63) is 34.9 Å². The molecule has 0 unspecified atom stereocenters. The number of carbonyl (C=O) groups is 2. The molecule has 0 aliphatic rings. The number of nitriles is 1. The molecule has 0 aliphatic carbocycles. The Bertz CT molecular complexity index is 596. The van der Waals surface area contributed by atoms with Crippen molar-refractivity contribution < 1.29 is 19.1 Å². The van der Waals surface area contributed by atoms with Gasteiger partial charge in [-0.15, -0.1) is 0 Å².